The predicted molar refractivity (Wildman–Crippen MR) is 119 cm³/mol. The number of halogens is 4. The van der Waals surface area contributed by atoms with E-state index in [0.29, 0.717) is 0 Å². The molecule has 0 aliphatic rings. The fraction of sp³-hybridized carbons (Fsp3) is 0. The Morgan fingerprint density at radius 1 is 0.971 bits per heavy atom. The number of hydrogen-bond acceptors (Lipinski definition) is 6. The van der Waals surface area contributed by atoms with Crippen LogP contribution in [0, 0.1) is 11.6 Å². The summed E-state index contributed by atoms with van der Waals surface area (Å²) in [6.45, 7) is 0. The summed E-state index contributed by atoms with van der Waals surface area (Å²) in [5, 5.41) is 10.3. The molecule has 0 unspecified atom stereocenters. The van der Waals surface area contributed by atoms with Crippen molar-refractivity contribution in [3.63, 3.8) is 0 Å². The summed E-state index contributed by atoms with van der Waals surface area (Å²) in [4.78, 5) is 29.1. The number of benzene rings is 2. The highest BCUT2D eigenvalue weighted by Gasteiger charge is 2.19. The zero-order valence-corrected chi connectivity index (χ0v) is 18.3. The standard InChI is InChI=1S/C21H12Cl2F2N6O3/c22-14-7-13(18(8-17(14)25)34-21(26)33)12-2-1-10(5-16(12)24)20(32)30-11-6-15(23)19(27-9-11)31-28-3-4-29-31/h1-9H,(H2,26,33)(H,30,32). The number of amides is 2. The van der Waals surface area contributed by atoms with E-state index in [4.69, 9.17) is 33.7 Å². The maximum atomic E-state index is 14.9. The quantitative estimate of drug-likeness (QED) is 0.408. The van der Waals surface area contributed by atoms with Gasteiger partial charge < -0.3 is 15.8 Å². The molecular weight excluding hydrogens is 493 g/mol. The predicted octanol–water partition coefficient (Wildman–Crippen LogP) is 4.62. The molecule has 2 aromatic carbocycles. The number of carbonyl (C=O) groups is 2. The van der Waals surface area contributed by atoms with Crippen molar-refractivity contribution < 1.29 is 23.1 Å². The second kappa shape index (κ2) is 9.41. The molecule has 172 valence electrons. The Morgan fingerprint density at radius 2 is 1.71 bits per heavy atom. The molecule has 13 heteroatoms. The highest BCUT2D eigenvalue weighted by molar-refractivity contribution is 6.32. The van der Waals surface area contributed by atoms with E-state index in [0.717, 1.165) is 18.2 Å². The number of hydrogen-bond donors (Lipinski definition) is 2. The van der Waals surface area contributed by atoms with Crippen molar-refractivity contribution in [2.24, 2.45) is 5.73 Å². The lowest BCUT2D eigenvalue weighted by Gasteiger charge is -2.12. The van der Waals surface area contributed by atoms with E-state index in [1.54, 1.807) is 0 Å². The smallest absolute Gasteiger partial charge is 0.409 e. The average Bonchev–Trinajstić information content (AvgIpc) is 3.30. The monoisotopic (exact) mass is 504 g/mol. The fourth-order valence-electron chi connectivity index (χ4n) is 2.98. The van der Waals surface area contributed by atoms with Gasteiger partial charge in [0.25, 0.3) is 5.91 Å². The summed E-state index contributed by atoms with van der Waals surface area (Å²) >= 11 is 12.0. The summed E-state index contributed by atoms with van der Waals surface area (Å²) in [6, 6.07) is 6.84. The van der Waals surface area contributed by atoms with E-state index in [1.807, 2.05) is 0 Å². The molecule has 3 N–H and O–H groups in total. The van der Waals surface area contributed by atoms with Crippen LogP contribution in [0.25, 0.3) is 16.9 Å². The first-order valence-electron chi connectivity index (χ1n) is 9.33. The third kappa shape index (κ3) is 4.80. The number of carbonyl (C=O) groups excluding carboxylic acids is 2. The lowest BCUT2D eigenvalue weighted by molar-refractivity contribution is 0.102. The van der Waals surface area contributed by atoms with Gasteiger partial charge in [0.15, 0.2) is 5.82 Å². The first kappa shape index (κ1) is 23.1. The number of pyridine rings is 1. The van der Waals surface area contributed by atoms with Crippen LogP contribution >= 0.6 is 23.2 Å². The zero-order valence-electron chi connectivity index (χ0n) is 16.8. The molecule has 2 heterocycles. The van der Waals surface area contributed by atoms with Gasteiger partial charge in [0.05, 0.1) is 34.3 Å². The van der Waals surface area contributed by atoms with Gasteiger partial charge in [0.2, 0.25) is 0 Å². The SMILES string of the molecule is NC(=O)Oc1cc(F)c(Cl)cc1-c1ccc(C(=O)Nc2cnc(-n3nccn3)c(Cl)c2)cc1F. The van der Waals surface area contributed by atoms with Crippen molar-refractivity contribution in [1.29, 1.82) is 0 Å². The van der Waals surface area contributed by atoms with E-state index in [2.05, 4.69) is 20.5 Å². The van der Waals surface area contributed by atoms with Crippen LogP contribution in [0.4, 0.5) is 19.3 Å². The molecule has 0 aliphatic heterocycles. The molecule has 34 heavy (non-hydrogen) atoms. The van der Waals surface area contributed by atoms with Crippen molar-refractivity contribution in [3.8, 4) is 22.7 Å². The molecule has 0 atom stereocenters. The molecule has 2 amide bonds. The second-order valence-corrected chi connectivity index (χ2v) is 7.49. The Labute approximate surface area is 200 Å². The van der Waals surface area contributed by atoms with Gasteiger partial charge in [-0.3, -0.25) is 4.79 Å². The van der Waals surface area contributed by atoms with Gasteiger partial charge in [-0.05, 0) is 24.3 Å². The van der Waals surface area contributed by atoms with Crippen LogP contribution in [0.3, 0.4) is 0 Å². The molecule has 0 saturated carbocycles. The van der Waals surface area contributed by atoms with E-state index < -0.39 is 23.6 Å². The van der Waals surface area contributed by atoms with Crippen LogP contribution in [-0.2, 0) is 0 Å². The van der Waals surface area contributed by atoms with Crippen molar-refractivity contribution in [2.45, 2.75) is 0 Å². The van der Waals surface area contributed by atoms with E-state index in [9.17, 15) is 18.4 Å². The molecule has 0 aliphatic carbocycles. The number of nitrogens with one attached hydrogen (secondary N) is 1. The second-order valence-electron chi connectivity index (χ2n) is 6.68. The van der Waals surface area contributed by atoms with Crippen LogP contribution in [0.1, 0.15) is 10.4 Å². The van der Waals surface area contributed by atoms with E-state index in [-0.39, 0.29) is 44.0 Å². The molecule has 9 nitrogen and oxygen atoms in total. The molecule has 0 spiro atoms. The van der Waals surface area contributed by atoms with Crippen molar-refractivity contribution in [3.05, 3.63) is 82.2 Å². The summed E-state index contributed by atoms with van der Waals surface area (Å²) in [7, 11) is 0. The van der Waals surface area contributed by atoms with Crippen LogP contribution in [0.15, 0.2) is 55.0 Å². The minimum Gasteiger partial charge on any atom is -0.410 e. The molecular formula is C21H12Cl2F2N6O3. The van der Waals surface area contributed by atoms with Crippen molar-refractivity contribution >= 4 is 40.9 Å². The third-order valence-electron chi connectivity index (χ3n) is 4.44. The number of nitrogens with zero attached hydrogens (tertiary/aromatic N) is 4. The Kier molecular flexibility index (Phi) is 6.39. The Bertz CT molecular complexity index is 1420. The first-order valence-corrected chi connectivity index (χ1v) is 10.1. The van der Waals surface area contributed by atoms with Gasteiger partial charge in [0.1, 0.15) is 17.4 Å². The minimum absolute atomic E-state index is 0.0338. The van der Waals surface area contributed by atoms with Gasteiger partial charge in [-0.2, -0.15) is 10.2 Å². The molecule has 4 rings (SSSR count). The Morgan fingerprint density at radius 3 is 2.35 bits per heavy atom. The number of aromatic nitrogens is 4. The first-order chi connectivity index (χ1) is 16.2. The zero-order chi connectivity index (χ0) is 24.4. The summed E-state index contributed by atoms with van der Waals surface area (Å²) in [6.07, 6.45) is 3.02. The molecule has 0 radical (unpaired) electrons. The van der Waals surface area contributed by atoms with Crippen LogP contribution in [0.2, 0.25) is 10.0 Å². The van der Waals surface area contributed by atoms with Gasteiger partial charge in [-0.15, -0.1) is 4.80 Å². The Hall–Kier alpha value is -4.09. The molecule has 0 bridgehead atoms. The number of primary amides is 1. The van der Waals surface area contributed by atoms with Gasteiger partial charge in [0, 0.05) is 22.8 Å². The lowest BCUT2D eigenvalue weighted by Crippen LogP contribution is -2.17. The van der Waals surface area contributed by atoms with E-state index in [1.165, 1.54) is 41.6 Å². The van der Waals surface area contributed by atoms with Gasteiger partial charge >= 0.3 is 6.09 Å². The maximum Gasteiger partial charge on any atom is 0.409 e. The third-order valence-corrected chi connectivity index (χ3v) is 5.01. The molecule has 0 saturated heterocycles. The Balaban J connectivity index is 1.59. The van der Waals surface area contributed by atoms with Gasteiger partial charge in [-0.1, -0.05) is 29.3 Å². The topological polar surface area (TPSA) is 125 Å². The number of anilines is 1. The van der Waals surface area contributed by atoms with Crippen LogP contribution in [-0.4, -0.2) is 32.0 Å². The molecule has 2 aromatic heterocycles. The minimum atomic E-state index is -1.22. The van der Waals surface area contributed by atoms with Crippen molar-refractivity contribution in [2.75, 3.05) is 5.32 Å². The summed E-state index contributed by atoms with van der Waals surface area (Å²) in [5.74, 6) is -2.48. The van der Waals surface area contributed by atoms with Gasteiger partial charge in [-0.25, -0.2) is 18.6 Å². The highest BCUT2D eigenvalue weighted by Crippen LogP contribution is 2.36. The molecule has 4 aromatic rings. The van der Waals surface area contributed by atoms with Crippen LogP contribution < -0.4 is 15.8 Å². The number of ether oxygens (including phenoxy) is 1. The van der Waals surface area contributed by atoms with Crippen molar-refractivity contribution in [1.82, 2.24) is 20.0 Å². The fourth-order valence-corrected chi connectivity index (χ4v) is 3.39. The maximum absolute atomic E-state index is 14.9. The number of rotatable bonds is 5. The molecule has 0 fully saturated rings. The van der Waals surface area contributed by atoms with Crippen LogP contribution in [0.5, 0.6) is 5.75 Å². The van der Waals surface area contributed by atoms with E-state index >= 15 is 0 Å². The largest absolute Gasteiger partial charge is 0.410 e. The number of nitrogens with two attached hydrogens (primary N) is 1. The average molecular weight is 505 g/mol. The summed E-state index contributed by atoms with van der Waals surface area (Å²) in [5.41, 5.74) is 5.07. The summed E-state index contributed by atoms with van der Waals surface area (Å²) < 4.78 is 33.5. The lowest BCUT2D eigenvalue weighted by atomic mass is 10.0. The normalized spacial score (nSPS) is 10.7. The highest BCUT2D eigenvalue weighted by atomic mass is 35.5.